The Labute approximate surface area is 63.8 Å². The average Bonchev–Trinajstić information content (AvgIpc) is 1.89. The summed E-state index contributed by atoms with van der Waals surface area (Å²) < 4.78 is 0. The second kappa shape index (κ2) is 6.79. The van der Waals surface area contributed by atoms with E-state index in [0.717, 1.165) is 12.7 Å². The van der Waals surface area contributed by atoms with Crippen molar-refractivity contribution in [3.8, 4) is 0 Å². The second-order valence-corrected chi connectivity index (χ2v) is 3.00. The Morgan fingerprint density at radius 2 is 2.10 bits per heavy atom. The highest BCUT2D eigenvalue weighted by molar-refractivity contribution is 5.49. The molecule has 0 aliphatic carbocycles. The molecule has 0 aliphatic heterocycles. The highest BCUT2D eigenvalue weighted by Gasteiger charge is 1.98. The maximum atomic E-state index is 10.0. The van der Waals surface area contributed by atoms with Crippen LogP contribution in [0.5, 0.6) is 0 Å². The summed E-state index contributed by atoms with van der Waals surface area (Å²) in [5.74, 6) is 0.601. The fourth-order valence-electron chi connectivity index (χ4n) is 1.02. The molecular weight excluding hydrogens is 124 g/mol. The zero-order chi connectivity index (χ0) is 7.82. The molecule has 0 bridgehead atoms. The van der Waals surface area contributed by atoms with Gasteiger partial charge in [-0.3, -0.25) is 0 Å². The van der Waals surface area contributed by atoms with Crippen LogP contribution in [0.15, 0.2) is 0 Å². The minimum atomic E-state index is 0.601. The van der Waals surface area contributed by atoms with Gasteiger partial charge in [-0.25, -0.2) is 0 Å². The van der Waals surface area contributed by atoms with Gasteiger partial charge in [-0.2, -0.15) is 0 Å². The molecule has 60 valence electrons. The van der Waals surface area contributed by atoms with Crippen molar-refractivity contribution in [3.05, 3.63) is 0 Å². The standard InChI is InChI=1S/C9H18O/c1-3-4-5-6-9(2)7-8-10/h8-9H,3-7H2,1-2H3/t9-/m1/s1. The molecule has 1 atom stereocenters. The van der Waals surface area contributed by atoms with E-state index in [9.17, 15) is 4.79 Å². The van der Waals surface area contributed by atoms with E-state index < -0.39 is 0 Å². The lowest BCUT2D eigenvalue weighted by Crippen LogP contribution is -1.94. The smallest absolute Gasteiger partial charge is 0.120 e. The summed E-state index contributed by atoms with van der Waals surface area (Å²) in [4.78, 5) is 10.0. The molecule has 0 rings (SSSR count). The van der Waals surface area contributed by atoms with Crippen molar-refractivity contribution in [2.45, 2.75) is 46.0 Å². The van der Waals surface area contributed by atoms with Crippen molar-refractivity contribution in [1.82, 2.24) is 0 Å². The zero-order valence-electron chi connectivity index (χ0n) is 7.10. The van der Waals surface area contributed by atoms with Crippen molar-refractivity contribution in [2.24, 2.45) is 5.92 Å². The van der Waals surface area contributed by atoms with Gasteiger partial charge in [0.15, 0.2) is 0 Å². The average molecular weight is 142 g/mol. The summed E-state index contributed by atoms with van der Waals surface area (Å²) in [5, 5.41) is 0. The Morgan fingerprint density at radius 1 is 1.40 bits per heavy atom. The van der Waals surface area contributed by atoms with E-state index in [2.05, 4.69) is 13.8 Å². The molecule has 0 saturated carbocycles. The Morgan fingerprint density at radius 3 is 2.60 bits per heavy atom. The van der Waals surface area contributed by atoms with Crippen molar-refractivity contribution in [1.29, 1.82) is 0 Å². The molecule has 0 aliphatic rings. The molecule has 0 saturated heterocycles. The van der Waals surface area contributed by atoms with E-state index in [-0.39, 0.29) is 0 Å². The Hall–Kier alpha value is -0.330. The molecule has 0 spiro atoms. The molecule has 0 fully saturated rings. The van der Waals surface area contributed by atoms with Gasteiger partial charge in [0.05, 0.1) is 0 Å². The molecule has 0 aromatic carbocycles. The lowest BCUT2D eigenvalue weighted by Gasteiger charge is -2.04. The third-order valence-corrected chi connectivity index (χ3v) is 1.80. The highest BCUT2D eigenvalue weighted by Crippen LogP contribution is 2.10. The second-order valence-electron chi connectivity index (χ2n) is 3.00. The lowest BCUT2D eigenvalue weighted by atomic mass is 10.0. The first-order chi connectivity index (χ1) is 4.81. The summed E-state index contributed by atoms with van der Waals surface area (Å²) in [5.41, 5.74) is 0. The fourth-order valence-corrected chi connectivity index (χ4v) is 1.02. The maximum Gasteiger partial charge on any atom is 0.120 e. The third-order valence-electron chi connectivity index (χ3n) is 1.80. The van der Waals surface area contributed by atoms with Crippen LogP contribution in [-0.4, -0.2) is 6.29 Å². The molecule has 1 heteroatoms. The summed E-state index contributed by atoms with van der Waals surface area (Å²) in [7, 11) is 0. The molecule has 0 unspecified atom stereocenters. The van der Waals surface area contributed by atoms with Gasteiger partial charge in [0.1, 0.15) is 6.29 Å². The Bertz CT molecular complexity index is 78.8. The normalized spacial score (nSPS) is 13.0. The first-order valence-electron chi connectivity index (χ1n) is 4.24. The zero-order valence-corrected chi connectivity index (χ0v) is 7.10. The van der Waals surface area contributed by atoms with Crippen LogP contribution in [0.3, 0.4) is 0 Å². The molecule has 10 heavy (non-hydrogen) atoms. The predicted molar refractivity (Wildman–Crippen MR) is 44.0 cm³/mol. The Balaban J connectivity index is 3.04. The topological polar surface area (TPSA) is 17.1 Å². The number of aldehydes is 1. The highest BCUT2D eigenvalue weighted by atomic mass is 16.1. The predicted octanol–water partition coefficient (Wildman–Crippen LogP) is 2.79. The van der Waals surface area contributed by atoms with Crippen LogP contribution >= 0.6 is 0 Å². The summed E-state index contributed by atoms with van der Waals surface area (Å²) >= 11 is 0. The van der Waals surface area contributed by atoms with Gasteiger partial charge in [0.2, 0.25) is 0 Å². The van der Waals surface area contributed by atoms with E-state index in [0.29, 0.717) is 5.92 Å². The monoisotopic (exact) mass is 142 g/mol. The molecule has 0 radical (unpaired) electrons. The van der Waals surface area contributed by atoms with Gasteiger partial charge in [-0.05, 0) is 5.92 Å². The van der Waals surface area contributed by atoms with Crippen LogP contribution in [0.25, 0.3) is 0 Å². The summed E-state index contributed by atoms with van der Waals surface area (Å²) in [6.45, 7) is 4.34. The van der Waals surface area contributed by atoms with Gasteiger partial charge in [0.25, 0.3) is 0 Å². The van der Waals surface area contributed by atoms with Crippen LogP contribution < -0.4 is 0 Å². The minimum Gasteiger partial charge on any atom is -0.303 e. The summed E-state index contributed by atoms with van der Waals surface area (Å²) in [6, 6.07) is 0. The minimum absolute atomic E-state index is 0.601. The number of hydrogen-bond donors (Lipinski definition) is 0. The number of carbonyl (C=O) groups excluding carboxylic acids is 1. The molecule has 0 aromatic rings. The van der Waals surface area contributed by atoms with Crippen molar-refractivity contribution in [2.75, 3.05) is 0 Å². The van der Waals surface area contributed by atoms with E-state index in [1.54, 1.807) is 0 Å². The van der Waals surface area contributed by atoms with Crippen molar-refractivity contribution in [3.63, 3.8) is 0 Å². The first-order valence-corrected chi connectivity index (χ1v) is 4.24. The van der Waals surface area contributed by atoms with Gasteiger partial charge < -0.3 is 4.79 Å². The SMILES string of the molecule is CCCCC[C@@H](C)CC=O. The molecular formula is C9H18O. The number of carbonyl (C=O) groups is 1. The largest absolute Gasteiger partial charge is 0.303 e. The maximum absolute atomic E-state index is 10.0. The number of hydrogen-bond acceptors (Lipinski definition) is 1. The Kier molecular flexibility index (Phi) is 6.56. The van der Waals surface area contributed by atoms with E-state index >= 15 is 0 Å². The molecule has 1 nitrogen and oxygen atoms in total. The van der Waals surface area contributed by atoms with E-state index in [4.69, 9.17) is 0 Å². The quantitative estimate of drug-likeness (QED) is 0.411. The van der Waals surface area contributed by atoms with Gasteiger partial charge in [-0.1, -0.05) is 39.5 Å². The molecule has 0 aromatic heterocycles. The van der Waals surface area contributed by atoms with Gasteiger partial charge in [0, 0.05) is 6.42 Å². The number of rotatable bonds is 6. The van der Waals surface area contributed by atoms with Crippen LogP contribution in [-0.2, 0) is 4.79 Å². The van der Waals surface area contributed by atoms with Crippen LogP contribution in [0.1, 0.15) is 46.0 Å². The van der Waals surface area contributed by atoms with E-state index in [1.807, 2.05) is 0 Å². The fraction of sp³-hybridized carbons (Fsp3) is 0.889. The molecule has 0 heterocycles. The van der Waals surface area contributed by atoms with E-state index in [1.165, 1.54) is 25.7 Å². The van der Waals surface area contributed by atoms with Gasteiger partial charge in [-0.15, -0.1) is 0 Å². The number of unbranched alkanes of at least 4 members (excludes halogenated alkanes) is 2. The van der Waals surface area contributed by atoms with Crippen molar-refractivity contribution < 1.29 is 4.79 Å². The van der Waals surface area contributed by atoms with Crippen LogP contribution in [0.4, 0.5) is 0 Å². The van der Waals surface area contributed by atoms with Crippen LogP contribution in [0, 0.1) is 5.92 Å². The van der Waals surface area contributed by atoms with Crippen LogP contribution in [0.2, 0.25) is 0 Å². The first kappa shape index (κ1) is 9.67. The third kappa shape index (κ3) is 5.80. The van der Waals surface area contributed by atoms with Crippen molar-refractivity contribution >= 4 is 6.29 Å². The lowest BCUT2D eigenvalue weighted by molar-refractivity contribution is -0.108. The summed E-state index contributed by atoms with van der Waals surface area (Å²) in [6.07, 6.45) is 6.84. The molecule has 0 amide bonds. The molecule has 0 N–H and O–H groups in total. The van der Waals surface area contributed by atoms with Gasteiger partial charge >= 0.3 is 0 Å².